The minimum atomic E-state index is -0.315. The Labute approximate surface area is 109 Å². The van der Waals surface area contributed by atoms with Crippen molar-refractivity contribution in [2.75, 3.05) is 13.7 Å². The van der Waals surface area contributed by atoms with Gasteiger partial charge in [0.15, 0.2) is 5.82 Å². The number of ether oxygens (including phenoxy) is 1. The lowest BCUT2D eigenvalue weighted by Gasteiger charge is -2.05. The summed E-state index contributed by atoms with van der Waals surface area (Å²) in [5.74, 6) is 1.10. The molecule has 0 radical (unpaired) electrons. The Morgan fingerprint density at radius 2 is 2.41 bits per heavy atom. The Kier molecular flexibility index (Phi) is 5.57. The first-order valence-electron chi connectivity index (χ1n) is 4.91. The number of aromatic nitrogens is 2. The molecule has 5 nitrogen and oxygen atoms in total. The van der Waals surface area contributed by atoms with Crippen LogP contribution in [-0.2, 0) is 11.2 Å². The number of methoxy groups -OCH3 is 1. The first kappa shape index (κ1) is 14.1. The molecule has 2 heterocycles. The summed E-state index contributed by atoms with van der Waals surface area (Å²) in [7, 11) is 1.57. The van der Waals surface area contributed by atoms with Crippen molar-refractivity contribution < 1.29 is 9.26 Å². The van der Waals surface area contributed by atoms with Gasteiger partial charge in [-0.2, -0.15) is 4.98 Å². The summed E-state index contributed by atoms with van der Waals surface area (Å²) in [5, 5.41) is 5.91. The molecule has 2 N–H and O–H groups in total. The quantitative estimate of drug-likeness (QED) is 0.900. The third-order valence-electron chi connectivity index (χ3n) is 2.17. The van der Waals surface area contributed by atoms with E-state index in [2.05, 4.69) is 10.1 Å². The van der Waals surface area contributed by atoms with E-state index in [1.807, 2.05) is 17.5 Å². The summed E-state index contributed by atoms with van der Waals surface area (Å²) in [4.78, 5) is 5.45. The Morgan fingerprint density at radius 1 is 1.59 bits per heavy atom. The summed E-state index contributed by atoms with van der Waals surface area (Å²) in [6, 6.07) is 4.04. The Balaban J connectivity index is 0.00000144. The van der Waals surface area contributed by atoms with Crippen molar-refractivity contribution in [2.45, 2.75) is 12.5 Å². The van der Waals surface area contributed by atoms with E-state index in [1.165, 1.54) is 4.88 Å². The lowest BCUT2D eigenvalue weighted by atomic mass is 10.3. The van der Waals surface area contributed by atoms with E-state index in [1.54, 1.807) is 18.4 Å². The maximum Gasteiger partial charge on any atom is 0.257 e. The van der Waals surface area contributed by atoms with Crippen LogP contribution in [0, 0.1) is 0 Å². The van der Waals surface area contributed by atoms with Gasteiger partial charge in [-0.05, 0) is 11.4 Å². The van der Waals surface area contributed by atoms with Crippen molar-refractivity contribution in [1.82, 2.24) is 10.1 Å². The van der Waals surface area contributed by atoms with Crippen molar-refractivity contribution in [2.24, 2.45) is 5.73 Å². The summed E-state index contributed by atoms with van der Waals surface area (Å²) in [5.41, 5.74) is 5.51. The van der Waals surface area contributed by atoms with Gasteiger partial charge in [-0.15, -0.1) is 23.7 Å². The van der Waals surface area contributed by atoms with E-state index in [4.69, 9.17) is 15.0 Å². The second-order valence-corrected chi connectivity index (χ2v) is 4.30. The molecule has 7 heteroatoms. The van der Waals surface area contributed by atoms with Gasteiger partial charge in [0.25, 0.3) is 5.89 Å². The molecule has 1 atom stereocenters. The molecule has 1 unspecified atom stereocenters. The molecular weight excluding hydrogens is 262 g/mol. The molecule has 0 bridgehead atoms. The zero-order valence-corrected chi connectivity index (χ0v) is 11.0. The third-order valence-corrected chi connectivity index (χ3v) is 3.05. The van der Waals surface area contributed by atoms with Crippen molar-refractivity contribution >= 4 is 23.7 Å². The van der Waals surface area contributed by atoms with E-state index in [9.17, 15) is 0 Å². The minimum absolute atomic E-state index is 0. The monoisotopic (exact) mass is 275 g/mol. The van der Waals surface area contributed by atoms with Crippen LogP contribution in [0.3, 0.4) is 0 Å². The second-order valence-electron chi connectivity index (χ2n) is 3.27. The largest absolute Gasteiger partial charge is 0.370 e. The second kappa shape index (κ2) is 6.70. The average molecular weight is 276 g/mol. The molecule has 2 rings (SSSR count). The van der Waals surface area contributed by atoms with Crippen LogP contribution in [-0.4, -0.2) is 23.8 Å². The molecule has 2 aromatic heterocycles. The molecule has 0 saturated carbocycles. The Morgan fingerprint density at radius 3 is 3.00 bits per heavy atom. The highest BCUT2D eigenvalue weighted by molar-refractivity contribution is 7.09. The van der Waals surface area contributed by atoms with Gasteiger partial charge in [-0.1, -0.05) is 11.2 Å². The normalized spacial score (nSPS) is 12.1. The predicted octanol–water partition coefficient (Wildman–Crippen LogP) is 1.79. The first-order valence-corrected chi connectivity index (χ1v) is 5.79. The van der Waals surface area contributed by atoms with Crippen molar-refractivity contribution in [3.63, 3.8) is 0 Å². The molecule has 0 aliphatic rings. The molecule has 0 aromatic carbocycles. The van der Waals surface area contributed by atoms with Gasteiger partial charge in [-0.25, -0.2) is 0 Å². The lowest BCUT2D eigenvalue weighted by Crippen LogP contribution is -2.14. The highest BCUT2D eigenvalue weighted by Gasteiger charge is 2.16. The van der Waals surface area contributed by atoms with E-state index in [-0.39, 0.29) is 18.5 Å². The lowest BCUT2D eigenvalue weighted by molar-refractivity contribution is 0.0804. The maximum atomic E-state index is 5.51. The molecular formula is C10H14ClN3O2S. The van der Waals surface area contributed by atoms with Crippen molar-refractivity contribution in [3.05, 3.63) is 34.1 Å². The van der Waals surface area contributed by atoms with Gasteiger partial charge in [0.1, 0.15) is 6.10 Å². The summed E-state index contributed by atoms with van der Waals surface area (Å²) in [6.07, 6.45) is 0.368. The van der Waals surface area contributed by atoms with Crippen LogP contribution in [0.25, 0.3) is 0 Å². The number of halogens is 1. The van der Waals surface area contributed by atoms with Crippen LogP contribution in [0.15, 0.2) is 22.0 Å². The number of nitrogens with two attached hydrogens (primary N) is 1. The van der Waals surface area contributed by atoms with Crippen LogP contribution < -0.4 is 5.73 Å². The highest BCUT2D eigenvalue weighted by atomic mass is 35.5. The molecule has 0 fully saturated rings. The fourth-order valence-corrected chi connectivity index (χ4v) is 2.04. The molecule has 17 heavy (non-hydrogen) atoms. The molecule has 0 aliphatic carbocycles. The van der Waals surface area contributed by atoms with Crippen LogP contribution in [0.5, 0.6) is 0 Å². The minimum Gasteiger partial charge on any atom is -0.370 e. The Hall–Kier alpha value is -0.950. The van der Waals surface area contributed by atoms with Gasteiger partial charge in [0.2, 0.25) is 0 Å². The Bertz CT molecular complexity index is 428. The standard InChI is InChI=1S/C10H13N3O2S.ClH/c1-14-8(6-11)10-12-9(13-15-10)5-7-3-2-4-16-7;/h2-4,8H,5-6,11H2,1H3;1H. The average Bonchev–Trinajstić information content (AvgIpc) is 2.93. The summed E-state index contributed by atoms with van der Waals surface area (Å²) in [6.45, 7) is 0.330. The fourth-order valence-electron chi connectivity index (χ4n) is 1.34. The zero-order chi connectivity index (χ0) is 11.4. The van der Waals surface area contributed by atoms with Crippen LogP contribution in [0.2, 0.25) is 0 Å². The van der Waals surface area contributed by atoms with Crippen LogP contribution in [0.1, 0.15) is 22.7 Å². The molecule has 0 aliphatic heterocycles. The van der Waals surface area contributed by atoms with E-state index >= 15 is 0 Å². The van der Waals surface area contributed by atoms with E-state index < -0.39 is 0 Å². The number of hydrogen-bond donors (Lipinski definition) is 1. The predicted molar refractivity (Wildman–Crippen MR) is 67.5 cm³/mol. The summed E-state index contributed by atoms with van der Waals surface area (Å²) < 4.78 is 10.2. The number of rotatable bonds is 5. The number of thiophene rings is 1. The fraction of sp³-hybridized carbons (Fsp3) is 0.400. The molecule has 0 spiro atoms. The van der Waals surface area contributed by atoms with E-state index in [0.29, 0.717) is 24.7 Å². The van der Waals surface area contributed by atoms with Crippen LogP contribution in [0.4, 0.5) is 0 Å². The molecule has 94 valence electrons. The van der Waals surface area contributed by atoms with Gasteiger partial charge < -0.3 is 15.0 Å². The van der Waals surface area contributed by atoms with Crippen molar-refractivity contribution in [3.8, 4) is 0 Å². The maximum absolute atomic E-state index is 5.51. The SMILES string of the molecule is COC(CN)c1nc(Cc2cccs2)no1.Cl. The smallest absolute Gasteiger partial charge is 0.257 e. The first-order chi connectivity index (χ1) is 7.83. The van der Waals surface area contributed by atoms with Crippen molar-refractivity contribution in [1.29, 1.82) is 0 Å². The van der Waals surface area contributed by atoms with Crippen LogP contribution >= 0.6 is 23.7 Å². The van der Waals surface area contributed by atoms with Gasteiger partial charge in [0, 0.05) is 25.0 Å². The van der Waals surface area contributed by atoms with Gasteiger partial charge in [0.05, 0.1) is 0 Å². The van der Waals surface area contributed by atoms with Gasteiger partial charge in [-0.3, -0.25) is 0 Å². The summed E-state index contributed by atoms with van der Waals surface area (Å²) >= 11 is 1.67. The molecule has 2 aromatic rings. The number of nitrogens with zero attached hydrogens (tertiary/aromatic N) is 2. The van der Waals surface area contributed by atoms with Gasteiger partial charge >= 0.3 is 0 Å². The zero-order valence-electron chi connectivity index (χ0n) is 9.33. The topological polar surface area (TPSA) is 74.2 Å². The van der Waals surface area contributed by atoms with E-state index in [0.717, 1.165) is 0 Å². The number of hydrogen-bond acceptors (Lipinski definition) is 6. The highest BCUT2D eigenvalue weighted by Crippen LogP contribution is 2.16. The third kappa shape index (κ3) is 3.50. The molecule has 0 saturated heterocycles. The molecule has 0 amide bonds.